The molecule has 0 aliphatic carbocycles. The molecule has 0 aromatic heterocycles. The van der Waals surface area contributed by atoms with E-state index in [1.54, 1.807) is 11.8 Å². The first-order chi connectivity index (χ1) is 7.22. The summed E-state index contributed by atoms with van der Waals surface area (Å²) in [6.45, 7) is 2.56. The molecule has 0 radical (unpaired) electrons. The van der Waals surface area contributed by atoms with Gasteiger partial charge in [0, 0.05) is 28.6 Å². The van der Waals surface area contributed by atoms with Crippen LogP contribution < -0.4 is 5.32 Å². The summed E-state index contributed by atoms with van der Waals surface area (Å²) >= 11 is 7.48. The van der Waals surface area contributed by atoms with Gasteiger partial charge in [-0.15, -0.1) is 11.8 Å². The van der Waals surface area contributed by atoms with E-state index in [0.29, 0.717) is 13.0 Å². The molecule has 1 aromatic carbocycles. The van der Waals surface area contributed by atoms with Gasteiger partial charge in [0.1, 0.15) is 0 Å². The monoisotopic (exact) mass is 243 g/mol. The Labute approximate surface area is 99.4 Å². The second-order valence-electron chi connectivity index (χ2n) is 3.01. The molecule has 1 amide bonds. The number of benzene rings is 1. The molecule has 0 fully saturated rings. The van der Waals surface area contributed by atoms with E-state index in [1.807, 2.05) is 31.2 Å². The SMILES string of the molecule is CCC(=O)NCCSc1ccc(Cl)cc1. The van der Waals surface area contributed by atoms with Crippen LogP contribution in [0.4, 0.5) is 0 Å². The van der Waals surface area contributed by atoms with Crippen molar-refractivity contribution in [3.8, 4) is 0 Å². The first-order valence-corrected chi connectivity index (χ1v) is 6.24. The summed E-state index contributed by atoms with van der Waals surface area (Å²) in [5, 5.41) is 3.58. The van der Waals surface area contributed by atoms with Crippen molar-refractivity contribution in [3.63, 3.8) is 0 Å². The minimum atomic E-state index is 0.103. The van der Waals surface area contributed by atoms with Crippen LogP contribution in [0.1, 0.15) is 13.3 Å². The lowest BCUT2D eigenvalue weighted by Gasteiger charge is -2.03. The van der Waals surface area contributed by atoms with Crippen LogP contribution >= 0.6 is 23.4 Å². The molecule has 0 atom stereocenters. The quantitative estimate of drug-likeness (QED) is 0.636. The lowest BCUT2D eigenvalue weighted by atomic mass is 10.4. The highest BCUT2D eigenvalue weighted by Crippen LogP contribution is 2.19. The molecule has 82 valence electrons. The molecule has 0 saturated heterocycles. The zero-order chi connectivity index (χ0) is 11.1. The fraction of sp³-hybridized carbons (Fsp3) is 0.364. The molecule has 0 saturated carbocycles. The molecule has 15 heavy (non-hydrogen) atoms. The van der Waals surface area contributed by atoms with Gasteiger partial charge in [0.15, 0.2) is 0 Å². The number of hydrogen-bond acceptors (Lipinski definition) is 2. The first kappa shape index (κ1) is 12.4. The molecule has 4 heteroatoms. The molecule has 0 heterocycles. The number of amides is 1. The Balaban J connectivity index is 2.20. The lowest BCUT2D eigenvalue weighted by molar-refractivity contribution is -0.120. The van der Waals surface area contributed by atoms with Crippen LogP contribution in [0, 0.1) is 0 Å². The van der Waals surface area contributed by atoms with Gasteiger partial charge < -0.3 is 5.32 Å². The van der Waals surface area contributed by atoms with Crippen molar-refractivity contribution in [1.82, 2.24) is 5.32 Å². The van der Waals surface area contributed by atoms with Crippen LogP contribution in [0.5, 0.6) is 0 Å². The summed E-state index contributed by atoms with van der Waals surface area (Å²) in [7, 11) is 0. The lowest BCUT2D eigenvalue weighted by Crippen LogP contribution is -2.24. The summed E-state index contributed by atoms with van der Waals surface area (Å²) in [5.74, 6) is 0.986. The highest BCUT2D eigenvalue weighted by atomic mass is 35.5. The van der Waals surface area contributed by atoms with Gasteiger partial charge in [-0.2, -0.15) is 0 Å². The van der Waals surface area contributed by atoms with E-state index >= 15 is 0 Å². The van der Waals surface area contributed by atoms with E-state index in [2.05, 4.69) is 5.32 Å². The smallest absolute Gasteiger partial charge is 0.219 e. The van der Waals surface area contributed by atoms with E-state index in [4.69, 9.17) is 11.6 Å². The minimum absolute atomic E-state index is 0.103. The van der Waals surface area contributed by atoms with Gasteiger partial charge >= 0.3 is 0 Å². The predicted molar refractivity (Wildman–Crippen MR) is 65.5 cm³/mol. The Morgan fingerprint density at radius 2 is 2.07 bits per heavy atom. The van der Waals surface area contributed by atoms with Gasteiger partial charge in [-0.05, 0) is 24.3 Å². The van der Waals surface area contributed by atoms with Crippen molar-refractivity contribution < 1.29 is 4.79 Å². The van der Waals surface area contributed by atoms with Gasteiger partial charge in [0.25, 0.3) is 0 Å². The van der Waals surface area contributed by atoms with Crippen LogP contribution in [0.15, 0.2) is 29.2 Å². The number of carbonyl (C=O) groups excluding carboxylic acids is 1. The highest BCUT2D eigenvalue weighted by molar-refractivity contribution is 7.99. The zero-order valence-electron chi connectivity index (χ0n) is 8.63. The maximum Gasteiger partial charge on any atom is 0.219 e. The van der Waals surface area contributed by atoms with Crippen molar-refractivity contribution in [2.45, 2.75) is 18.2 Å². The van der Waals surface area contributed by atoms with Crippen molar-refractivity contribution >= 4 is 29.3 Å². The van der Waals surface area contributed by atoms with Crippen LogP contribution in [0.3, 0.4) is 0 Å². The van der Waals surface area contributed by atoms with E-state index in [9.17, 15) is 4.79 Å². The molecule has 0 bridgehead atoms. The van der Waals surface area contributed by atoms with Gasteiger partial charge in [-0.25, -0.2) is 0 Å². The number of carbonyl (C=O) groups is 1. The Morgan fingerprint density at radius 1 is 1.40 bits per heavy atom. The molecule has 0 aliphatic heterocycles. The van der Waals surface area contributed by atoms with E-state index in [1.165, 1.54) is 4.90 Å². The number of rotatable bonds is 5. The standard InChI is InChI=1S/C11H14ClNOS/c1-2-11(14)13-7-8-15-10-5-3-9(12)4-6-10/h3-6H,2,7-8H2,1H3,(H,13,14). The Kier molecular flexibility index (Phi) is 5.58. The maximum absolute atomic E-state index is 10.9. The van der Waals surface area contributed by atoms with E-state index < -0.39 is 0 Å². The van der Waals surface area contributed by atoms with Gasteiger partial charge in [0.2, 0.25) is 5.91 Å². The number of nitrogens with one attached hydrogen (secondary N) is 1. The average Bonchev–Trinajstić information content (AvgIpc) is 2.26. The van der Waals surface area contributed by atoms with Crippen LogP contribution in [-0.2, 0) is 4.79 Å². The third-order valence-electron chi connectivity index (χ3n) is 1.83. The summed E-state index contributed by atoms with van der Waals surface area (Å²) in [6, 6.07) is 7.70. The van der Waals surface area contributed by atoms with Crippen molar-refractivity contribution in [1.29, 1.82) is 0 Å². The second kappa shape index (κ2) is 6.75. The topological polar surface area (TPSA) is 29.1 Å². The normalized spacial score (nSPS) is 10.0. The number of thioether (sulfide) groups is 1. The van der Waals surface area contributed by atoms with Gasteiger partial charge in [-0.1, -0.05) is 18.5 Å². The largest absolute Gasteiger partial charge is 0.355 e. The summed E-state index contributed by atoms with van der Waals surface area (Å²) in [4.78, 5) is 12.1. The van der Waals surface area contributed by atoms with E-state index in [0.717, 1.165) is 10.8 Å². The Hall–Kier alpha value is -0.670. The summed E-state index contributed by atoms with van der Waals surface area (Å²) in [5.41, 5.74) is 0. The average molecular weight is 244 g/mol. The van der Waals surface area contributed by atoms with Gasteiger partial charge in [0.05, 0.1) is 0 Å². The molecule has 1 rings (SSSR count). The molecule has 0 spiro atoms. The summed E-state index contributed by atoms with van der Waals surface area (Å²) in [6.07, 6.45) is 0.547. The van der Waals surface area contributed by atoms with Crippen molar-refractivity contribution in [3.05, 3.63) is 29.3 Å². The Morgan fingerprint density at radius 3 is 2.67 bits per heavy atom. The third-order valence-corrected chi connectivity index (χ3v) is 3.09. The third kappa shape index (κ3) is 5.09. The highest BCUT2D eigenvalue weighted by Gasteiger charge is 1.97. The molecular formula is C11H14ClNOS. The van der Waals surface area contributed by atoms with Crippen molar-refractivity contribution in [2.75, 3.05) is 12.3 Å². The molecule has 0 unspecified atom stereocenters. The Bertz CT molecular complexity index is 313. The first-order valence-electron chi connectivity index (χ1n) is 4.87. The molecular weight excluding hydrogens is 230 g/mol. The van der Waals surface area contributed by atoms with Crippen LogP contribution in [-0.4, -0.2) is 18.2 Å². The van der Waals surface area contributed by atoms with Crippen LogP contribution in [0.25, 0.3) is 0 Å². The molecule has 0 aliphatic rings. The fourth-order valence-corrected chi connectivity index (χ4v) is 1.91. The predicted octanol–water partition coefficient (Wildman–Crippen LogP) is 2.96. The summed E-state index contributed by atoms with van der Waals surface area (Å²) < 4.78 is 0. The number of hydrogen-bond donors (Lipinski definition) is 1. The number of halogens is 1. The zero-order valence-corrected chi connectivity index (χ0v) is 10.2. The van der Waals surface area contributed by atoms with E-state index in [-0.39, 0.29) is 5.91 Å². The fourth-order valence-electron chi connectivity index (χ4n) is 1.02. The van der Waals surface area contributed by atoms with Crippen molar-refractivity contribution in [2.24, 2.45) is 0 Å². The second-order valence-corrected chi connectivity index (χ2v) is 4.61. The molecule has 1 aromatic rings. The maximum atomic E-state index is 10.9. The van der Waals surface area contributed by atoms with Gasteiger partial charge in [-0.3, -0.25) is 4.79 Å². The van der Waals surface area contributed by atoms with Crippen LogP contribution in [0.2, 0.25) is 5.02 Å². The minimum Gasteiger partial charge on any atom is -0.355 e. The molecule has 1 N–H and O–H groups in total. The molecule has 2 nitrogen and oxygen atoms in total.